The van der Waals surface area contributed by atoms with Crippen LogP contribution in [0.25, 0.3) is 0 Å². The Morgan fingerprint density at radius 1 is 1.09 bits per heavy atom. The Labute approximate surface area is 134 Å². The summed E-state index contributed by atoms with van der Waals surface area (Å²) in [5.74, 6) is 0.838. The average molecular weight is 302 g/mol. The second kappa shape index (κ2) is 7.77. The van der Waals surface area contributed by atoms with Crippen LogP contribution in [0.5, 0.6) is 0 Å². The van der Waals surface area contributed by atoms with Crippen LogP contribution in [0.2, 0.25) is 0 Å². The summed E-state index contributed by atoms with van der Waals surface area (Å²) in [6.45, 7) is 6.16. The number of rotatable bonds is 6. The smallest absolute Gasteiger partial charge is 0.234 e. The SMILES string of the molecule is CC(NC(c1ccc(C2CCCCC2)cc1)C(C)C)C(N)=O. The van der Waals surface area contributed by atoms with Crippen LogP contribution < -0.4 is 11.1 Å². The van der Waals surface area contributed by atoms with Crippen molar-refractivity contribution >= 4 is 5.91 Å². The number of hydrogen-bond donors (Lipinski definition) is 2. The standard InChI is InChI=1S/C19H30N2O/c1-13(2)18(21-14(3)19(20)22)17-11-9-16(10-12-17)15-7-5-4-6-8-15/h9-15,18,21H,4-8H2,1-3H3,(H2,20,22). The van der Waals surface area contributed by atoms with Crippen LogP contribution in [-0.4, -0.2) is 11.9 Å². The van der Waals surface area contributed by atoms with Crippen LogP contribution in [0.15, 0.2) is 24.3 Å². The Morgan fingerprint density at radius 3 is 2.18 bits per heavy atom. The van der Waals surface area contributed by atoms with Crippen molar-refractivity contribution in [2.24, 2.45) is 11.7 Å². The fourth-order valence-electron chi connectivity index (χ4n) is 3.44. The number of amides is 1. The Morgan fingerprint density at radius 2 is 1.68 bits per heavy atom. The van der Waals surface area contributed by atoms with Crippen LogP contribution in [0, 0.1) is 5.92 Å². The first kappa shape index (κ1) is 17.0. The zero-order valence-electron chi connectivity index (χ0n) is 14.1. The molecule has 0 saturated heterocycles. The topological polar surface area (TPSA) is 55.1 Å². The summed E-state index contributed by atoms with van der Waals surface area (Å²) >= 11 is 0. The van der Waals surface area contributed by atoms with Gasteiger partial charge in [0.15, 0.2) is 0 Å². The number of carbonyl (C=O) groups is 1. The van der Waals surface area contributed by atoms with Crippen molar-refractivity contribution in [1.29, 1.82) is 0 Å². The molecule has 0 heterocycles. The maximum absolute atomic E-state index is 11.3. The molecule has 2 unspecified atom stereocenters. The summed E-state index contributed by atoms with van der Waals surface area (Å²) in [5, 5.41) is 3.36. The van der Waals surface area contributed by atoms with Crippen LogP contribution >= 0.6 is 0 Å². The van der Waals surface area contributed by atoms with E-state index in [2.05, 4.69) is 43.4 Å². The zero-order chi connectivity index (χ0) is 16.1. The van der Waals surface area contributed by atoms with E-state index in [9.17, 15) is 4.79 Å². The quantitative estimate of drug-likeness (QED) is 0.837. The van der Waals surface area contributed by atoms with E-state index in [0.717, 1.165) is 5.92 Å². The number of benzene rings is 1. The molecule has 0 aliphatic heterocycles. The molecule has 3 nitrogen and oxygen atoms in total. The van der Waals surface area contributed by atoms with Gasteiger partial charge < -0.3 is 5.73 Å². The molecule has 0 bridgehead atoms. The fraction of sp³-hybridized carbons (Fsp3) is 0.632. The Bertz CT molecular complexity index is 475. The predicted molar refractivity (Wildman–Crippen MR) is 91.6 cm³/mol. The Kier molecular flexibility index (Phi) is 6.01. The lowest BCUT2D eigenvalue weighted by Gasteiger charge is -2.27. The monoisotopic (exact) mass is 302 g/mol. The molecule has 0 aromatic heterocycles. The van der Waals surface area contributed by atoms with Gasteiger partial charge in [0.05, 0.1) is 6.04 Å². The van der Waals surface area contributed by atoms with E-state index >= 15 is 0 Å². The predicted octanol–water partition coefficient (Wildman–Crippen LogP) is 3.89. The highest BCUT2D eigenvalue weighted by molar-refractivity contribution is 5.79. The second-order valence-electron chi connectivity index (χ2n) is 7.01. The summed E-state index contributed by atoms with van der Waals surface area (Å²) in [5.41, 5.74) is 8.09. The minimum atomic E-state index is -0.314. The van der Waals surface area contributed by atoms with E-state index in [-0.39, 0.29) is 18.0 Å². The van der Waals surface area contributed by atoms with E-state index in [0.29, 0.717) is 5.92 Å². The zero-order valence-corrected chi connectivity index (χ0v) is 14.1. The fourth-order valence-corrected chi connectivity index (χ4v) is 3.44. The molecule has 0 spiro atoms. The van der Waals surface area contributed by atoms with Gasteiger partial charge in [0, 0.05) is 6.04 Å². The van der Waals surface area contributed by atoms with Gasteiger partial charge in [-0.1, -0.05) is 57.4 Å². The van der Waals surface area contributed by atoms with Crippen LogP contribution in [0.3, 0.4) is 0 Å². The van der Waals surface area contributed by atoms with Crippen LogP contribution in [0.1, 0.15) is 76.0 Å². The second-order valence-corrected chi connectivity index (χ2v) is 7.01. The van der Waals surface area contributed by atoms with Gasteiger partial charge in [0.2, 0.25) is 5.91 Å². The molecule has 1 aromatic rings. The molecule has 122 valence electrons. The van der Waals surface area contributed by atoms with Crippen molar-refractivity contribution in [3.63, 3.8) is 0 Å². The van der Waals surface area contributed by atoms with Gasteiger partial charge in [-0.05, 0) is 42.7 Å². The number of primary amides is 1. The van der Waals surface area contributed by atoms with E-state index in [1.807, 2.05) is 6.92 Å². The molecular formula is C19H30N2O. The molecule has 1 amide bonds. The van der Waals surface area contributed by atoms with E-state index in [4.69, 9.17) is 5.73 Å². The average Bonchev–Trinajstić information content (AvgIpc) is 2.53. The number of carbonyl (C=O) groups excluding carboxylic acids is 1. The minimum absolute atomic E-state index is 0.155. The van der Waals surface area contributed by atoms with Gasteiger partial charge in [0.25, 0.3) is 0 Å². The van der Waals surface area contributed by atoms with Gasteiger partial charge in [-0.2, -0.15) is 0 Å². The first-order valence-corrected chi connectivity index (χ1v) is 8.64. The van der Waals surface area contributed by atoms with Crippen molar-refractivity contribution in [2.45, 2.75) is 70.9 Å². The van der Waals surface area contributed by atoms with Crippen molar-refractivity contribution < 1.29 is 4.79 Å². The molecule has 2 rings (SSSR count). The van der Waals surface area contributed by atoms with Crippen LogP contribution in [0.4, 0.5) is 0 Å². The number of nitrogens with one attached hydrogen (secondary N) is 1. The third-order valence-electron chi connectivity index (χ3n) is 4.90. The van der Waals surface area contributed by atoms with Crippen LogP contribution in [-0.2, 0) is 4.79 Å². The maximum atomic E-state index is 11.3. The third-order valence-corrected chi connectivity index (χ3v) is 4.90. The summed E-state index contributed by atoms with van der Waals surface area (Å²) in [4.78, 5) is 11.3. The number of nitrogens with two attached hydrogens (primary N) is 1. The Hall–Kier alpha value is -1.35. The maximum Gasteiger partial charge on any atom is 0.234 e. The van der Waals surface area contributed by atoms with Gasteiger partial charge in [-0.3, -0.25) is 10.1 Å². The molecule has 1 aliphatic carbocycles. The van der Waals surface area contributed by atoms with Gasteiger partial charge in [0.1, 0.15) is 0 Å². The molecule has 1 aromatic carbocycles. The molecule has 22 heavy (non-hydrogen) atoms. The Balaban J connectivity index is 2.09. The summed E-state index contributed by atoms with van der Waals surface area (Å²) in [6.07, 6.45) is 6.75. The summed E-state index contributed by atoms with van der Waals surface area (Å²) in [7, 11) is 0. The molecule has 2 atom stereocenters. The normalized spacial score (nSPS) is 19.1. The first-order chi connectivity index (χ1) is 10.5. The lowest BCUT2D eigenvalue weighted by molar-refractivity contribution is -0.119. The summed E-state index contributed by atoms with van der Waals surface area (Å²) in [6, 6.07) is 8.83. The van der Waals surface area contributed by atoms with E-state index < -0.39 is 0 Å². The highest BCUT2D eigenvalue weighted by atomic mass is 16.1. The van der Waals surface area contributed by atoms with E-state index in [1.54, 1.807) is 0 Å². The third kappa shape index (κ3) is 4.33. The molecule has 1 aliphatic rings. The number of hydrogen-bond acceptors (Lipinski definition) is 2. The molecule has 1 saturated carbocycles. The molecule has 1 fully saturated rings. The lowest BCUT2D eigenvalue weighted by atomic mass is 9.83. The summed E-state index contributed by atoms with van der Waals surface area (Å²) < 4.78 is 0. The van der Waals surface area contributed by atoms with Gasteiger partial charge in [-0.25, -0.2) is 0 Å². The molecular weight excluding hydrogens is 272 g/mol. The largest absolute Gasteiger partial charge is 0.368 e. The highest BCUT2D eigenvalue weighted by Crippen LogP contribution is 2.33. The highest BCUT2D eigenvalue weighted by Gasteiger charge is 2.21. The molecule has 3 N–H and O–H groups in total. The van der Waals surface area contributed by atoms with Crippen molar-refractivity contribution in [1.82, 2.24) is 5.32 Å². The van der Waals surface area contributed by atoms with Crippen molar-refractivity contribution in [3.8, 4) is 0 Å². The van der Waals surface area contributed by atoms with Crippen molar-refractivity contribution in [3.05, 3.63) is 35.4 Å². The van der Waals surface area contributed by atoms with Crippen molar-refractivity contribution in [2.75, 3.05) is 0 Å². The van der Waals surface area contributed by atoms with E-state index in [1.165, 1.54) is 43.2 Å². The minimum Gasteiger partial charge on any atom is -0.368 e. The molecule has 3 heteroatoms. The lowest BCUT2D eigenvalue weighted by Crippen LogP contribution is -2.42. The molecule has 0 radical (unpaired) electrons. The van der Waals surface area contributed by atoms with Gasteiger partial charge >= 0.3 is 0 Å². The first-order valence-electron chi connectivity index (χ1n) is 8.64. The van der Waals surface area contributed by atoms with Gasteiger partial charge in [-0.15, -0.1) is 0 Å².